The van der Waals surface area contributed by atoms with Crippen molar-refractivity contribution < 1.29 is 22.3 Å². The fourth-order valence-electron chi connectivity index (χ4n) is 4.09. The van der Waals surface area contributed by atoms with Crippen molar-refractivity contribution in [2.24, 2.45) is 10.3 Å². The van der Waals surface area contributed by atoms with E-state index in [1.54, 1.807) is 50.4 Å². The normalized spacial score (nSPS) is 18.5. The summed E-state index contributed by atoms with van der Waals surface area (Å²) in [5.74, 6) is 0.260. The van der Waals surface area contributed by atoms with Crippen LogP contribution in [0.3, 0.4) is 0 Å². The largest absolute Gasteiger partial charge is 0.497 e. The fourth-order valence-corrected chi connectivity index (χ4v) is 5.57. The second-order valence-corrected chi connectivity index (χ2v) is 9.37. The van der Waals surface area contributed by atoms with E-state index >= 15 is 0 Å². The molecule has 0 unspecified atom stereocenters. The van der Waals surface area contributed by atoms with E-state index in [4.69, 9.17) is 4.74 Å². The smallest absolute Gasteiger partial charge is 0.285 e. The van der Waals surface area contributed by atoms with E-state index in [9.17, 15) is 17.6 Å². The molecule has 7 nitrogen and oxygen atoms in total. The van der Waals surface area contributed by atoms with E-state index in [1.165, 1.54) is 12.1 Å². The van der Waals surface area contributed by atoms with Crippen molar-refractivity contribution in [2.45, 2.75) is 19.8 Å². The zero-order chi connectivity index (χ0) is 22.9. The van der Waals surface area contributed by atoms with Crippen molar-refractivity contribution in [3.63, 3.8) is 0 Å². The number of carbonyl (C=O) groups excluding carboxylic acids is 1. The van der Waals surface area contributed by atoms with E-state index in [0.29, 0.717) is 54.3 Å². The van der Waals surface area contributed by atoms with Gasteiger partial charge in [-0.15, -0.1) is 4.40 Å². The van der Waals surface area contributed by atoms with Gasteiger partial charge in [-0.25, -0.2) is 4.39 Å². The summed E-state index contributed by atoms with van der Waals surface area (Å²) in [6.45, 7) is 2.76. The van der Waals surface area contributed by atoms with Crippen LogP contribution in [0.4, 0.5) is 10.1 Å². The molecule has 4 rings (SSSR count). The summed E-state index contributed by atoms with van der Waals surface area (Å²) in [5, 5.41) is 2.75. The standard InChI is InChI=1S/C23H24FN3O4S/c1-15-21(16-6-8-20(31-2)9-7-16)32(29,30)26-22(15)27-12-10-17(11-13-27)23(28)25-19-5-3-4-18(24)14-19/h3-9,14,17H,10-13H2,1-2H3,(H,25,28). The number of amides is 1. The second kappa shape index (κ2) is 8.74. The molecule has 2 aromatic rings. The number of hydrogen-bond acceptors (Lipinski definition) is 5. The molecule has 0 radical (unpaired) electrons. The predicted octanol–water partition coefficient (Wildman–Crippen LogP) is 3.66. The number of rotatable bonds is 4. The van der Waals surface area contributed by atoms with Gasteiger partial charge in [0.05, 0.1) is 7.11 Å². The van der Waals surface area contributed by atoms with Crippen LogP contribution in [0.1, 0.15) is 25.3 Å². The average molecular weight is 458 g/mol. The van der Waals surface area contributed by atoms with Crippen molar-refractivity contribution in [1.82, 2.24) is 4.90 Å². The van der Waals surface area contributed by atoms with Crippen LogP contribution in [0.25, 0.3) is 4.91 Å². The molecule has 32 heavy (non-hydrogen) atoms. The van der Waals surface area contributed by atoms with Gasteiger partial charge < -0.3 is 15.0 Å². The lowest BCUT2D eigenvalue weighted by atomic mass is 9.95. The third-order valence-electron chi connectivity index (χ3n) is 5.75. The first-order valence-electron chi connectivity index (χ1n) is 10.3. The molecule has 0 spiro atoms. The maximum atomic E-state index is 13.3. The molecule has 2 aliphatic heterocycles. The maximum Gasteiger partial charge on any atom is 0.285 e. The third kappa shape index (κ3) is 4.38. The predicted molar refractivity (Wildman–Crippen MR) is 121 cm³/mol. The first-order chi connectivity index (χ1) is 15.3. The number of methoxy groups -OCH3 is 1. The number of carbonyl (C=O) groups is 1. The molecule has 2 aliphatic rings. The van der Waals surface area contributed by atoms with Crippen LogP contribution in [-0.4, -0.2) is 45.3 Å². The van der Waals surface area contributed by atoms with Crippen molar-refractivity contribution in [3.05, 3.63) is 65.5 Å². The van der Waals surface area contributed by atoms with E-state index in [2.05, 4.69) is 9.71 Å². The van der Waals surface area contributed by atoms with Gasteiger partial charge in [0.2, 0.25) is 5.91 Å². The van der Waals surface area contributed by atoms with Crippen LogP contribution in [0.5, 0.6) is 5.75 Å². The van der Waals surface area contributed by atoms with E-state index in [1.807, 2.05) is 4.90 Å². The number of halogens is 1. The molecule has 0 atom stereocenters. The molecule has 9 heteroatoms. The van der Waals surface area contributed by atoms with Crippen LogP contribution in [0, 0.1) is 11.7 Å². The van der Waals surface area contributed by atoms with Gasteiger partial charge in [-0.3, -0.25) is 4.79 Å². The SMILES string of the molecule is COc1ccc(C2=C(C)C(N3CCC(C(=O)Nc4cccc(F)c4)CC3)=NS2(=O)=O)cc1. The number of benzene rings is 2. The van der Waals surface area contributed by atoms with E-state index < -0.39 is 15.8 Å². The Morgan fingerprint density at radius 3 is 2.47 bits per heavy atom. The minimum atomic E-state index is -3.81. The summed E-state index contributed by atoms with van der Waals surface area (Å²) >= 11 is 0. The van der Waals surface area contributed by atoms with Crippen molar-refractivity contribution in [3.8, 4) is 5.75 Å². The second-order valence-electron chi connectivity index (χ2n) is 7.83. The maximum absolute atomic E-state index is 13.3. The van der Waals surface area contributed by atoms with Gasteiger partial charge in [-0.05, 0) is 67.8 Å². The molecule has 0 saturated carbocycles. The first-order valence-corrected chi connectivity index (χ1v) is 11.7. The minimum absolute atomic E-state index is 0.164. The van der Waals surface area contributed by atoms with E-state index in [-0.39, 0.29) is 16.7 Å². The van der Waals surface area contributed by atoms with Gasteiger partial charge in [0.25, 0.3) is 10.0 Å². The summed E-state index contributed by atoms with van der Waals surface area (Å²) in [4.78, 5) is 14.7. The molecule has 0 aliphatic carbocycles. The number of nitrogens with one attached hydrogen (secondary N) is 1. The highest BCUT2D eigenvalue weighted by atomic mass is 32.2. The topological polar surface area (TPSA) is 88.1 Å². The number of sulfonamides is 1. The lowest BCUT2D eigenvalue weighted by molar-refractivity contribution is -0.120. The summed E-state index contributed by atoms with van der Waals surface area (Å²) in [7, 11) is -2.26. The molecular weight excluding hydrogens is 433 g/mol. The van der Waals surface area contributed by atoms with Crippen LogP contribution >= 0.6 is 0 Å². The van der Waals surface area contributed by atoms with Crippen LogP contribution < -0.4 is 10.1 Å². The Labute approximate surface area is 186 Å². The molecule has 1 fully saturated rings. The summed E-state index contributed by atoms with van der Waals surface area (Å²) in [6, 6.07) is 12.6. The molecule has 0 aromatic heterocycles. The molecule has 168 valence electrons. The van der Waals surface area contributed by atoms with E-state index in [0.717, 1.165) is 0 Å². The Bertz CT molecular complexity index is 1200. The fraction of sp³-hybridized carbons (Fsp3) is 0.304. The van der Waals surface area contributed by atoms with Gasteiger partial charge in [0, 0.05) is 30.3 Å². The van der Waals surface area contributed by atoms with Gasteiger partial charge >= 0.3 is 0 Å². The minimum Gasteiger partial charge on any atom is -0.497 e. The Hall–Kier alpha value is -3.20. The lowest BCUT2D eigenvalue weighted by Crippen LogP contribution is -2.41. The van der Waals surface area contributed by atoms with Crippen molar-refractivity contribution >= 4 is 32.4 Å². The molecule has 1 saturated heterocycles. The van der Waals surface area contributed by atoms with Crippen LogP contribution in [-0.2, 0) is 14.8 Å². The zero-order valence-electron chi connectivity index (χ0n) is 17.8. The Morgan fingerprint density at radius 1 is 1.16 bits per heavy atom. The zero-order valence-corrected chi connectivity index (χ0v) is 18.7. The number of anilines is 1. The molecule has 1 N–H and O–H groups in total. The summed E-state index contributed by atoms with van der Waals surface area (Å²) in [6.07, 6.45) is 1.09. The highest BCUT2D eigenvalue weighted by Gasteiger charge is 2.35. The van der Waals surface area contributed by atoms with Crippen LogP contribution in [0.2, 0.25) is 0 Å². The highest BCUT2D eigenvalue weighted by Crippen LogP contribution is 2.35. The Kier molecular flexibility index (Phi) is 6.01. The number of ether oxygens (including phenoxy) is 1. The average Bonchev–Trinajstić information content (AvgIpc) is 3.02. The molecule has 2 heterocycles. The monoisotopic (exact) mass is 457 g/mol. The quantitative estimate of drug-likeness (QED) is 0.757. The molecular formula is C23H24FN3O4S. The molecule has 2 aromatic carbocycles. The van der Waals surface area contributed by atoms with Crippen LogP contribution in [0.15, 0.2) is 58.5 Å². The number of hydrogen-bond donors (Lipinski definition) is 1. The third-order valence-corrected chi connectivity index (χ3v) is 7.22. The lowest BCUT2D eigenvalue weighted by Gasteiger charge is -2.32. The highest BCUT2D eigenvalue weighted by molar-refractivity contribution is 8.00. The molecule has 1 amide bonds. The first kappa shape index (κ1) is 22.0. The van der Waals surface area contributed by atoms with Gasteiger partial charge in [0.15, 0.2) is 0 Å². The molecule has 0 bridgehead atoms. The van der Waals surface area contributed by atoms with Gasteiger partial charge in [0.1, 0.15) is 22.3 Å². The Balaban J connectivity index is 1.46. The number of piperidine rings is 1. The van der Waals surface area contributed by atoms with Gasteiger partial charge in [-0.1, -0.05) is 6.07 Å². The van der Waals surface area contributed by atoms with Crippen molar-refractivity contribution in [2.75, 3.05) is 25.5 Å². The number of likely N-dealkylation sites (tertiary alicyclic amines) is 1. The summed E-state index contributed by atoms with van der Waals surface area (Å²) in [5.41, 5.74) is 1.58. The number of amidine groups is 1. The van der Waals surface area contributed by atoms with Gasteiger partial charge in [-0.2, -0.15) is 8.42 Å². The Morgan fingerprint density at radius 2 is 1.84 bits per heavy atom. The summed E-state index contributed by atoms with van der Waals surface area (Å²) < 4.78 is 48.1. The van der Waals surface area contributed by atoms with Crippen molar-refractivity contribution in [1.29, 1.82) is 0 Å². The number of nitrogens with zero attached hydrogens (tertiary/aromatic N) is 2.